The van der Waals surface area contributed by atoms with Crippen LogP contribution in [0, 0.1) is 17.8 Å². The number of rotatable bonds is 13. The molecule has 4 N–H and O–H groups in total. The van der Waals surface area contributed by atoms with Gasteiger partial charge in [-0.2, -0.15) is 0 Å². The molecule has 0 radical (unpaired) electrons. The maximum Gasteiger partial charge on any atom is 0.303 e. The summed E-state index contributed by atoms with van der Waals surface area (Å²) in [6, 6.07) is 0. The Morgan fingerprint density at radius 3 is 2.54 bits per heavy atom. The van der Waals surface area contributed by atoms with Crippen molar-refractivity contribution in [2.75, 3.05) is 5.88 Å². The summed E-state index contributed by atoms with van der Waals surface area (Å²) in [5, 5.41) is 39.2. The lowest BCUT2D eigenvalue weighted by Crippen LogP contribution is -2.21. The highest BCUT2D eigenvalue weighted by Crippen LogP contribution is 2.37. The Hall–Kier alpha value is -0.620. The van der Waals surface area contributed by atoms with Crippen molar-refractivity contribution in [2.24, 2.45) is 17.8 Å². The number of carboxylic acids is 1. The van der Waals surface area contributed by atoms with Crippen LogP contribution in [0.2, 0.25) is 0 Å². The molecular formula is C20H35ClO5. The van der Waals surface area contributed by atoms with Crippen molar-refractivity contribution in [1.82, 2.24) is 0 Å². The van der Waals surface area contributed by atoms with Crippen LogP contribution in [0.15, 0.2) is 12.2 Å². The quantitative estimate of drug-likeness (QED) is 0.219. The van der Waals surface area contributed by atoms with Crippen LogP contribution in [0.5, 0.6) is 0 Å². The average Bonchev–Trinajstić information content (AvgIpc) is 2.82. The van der Waals surface area contributed by atoms with Gasteiger partial charge in [0.25, 0.3) is 0 Å². The van der Waals surface area contributed by atoms with Crippen molar-refractivity contribution in [1.29, 1.82) is 0 Å². The van der Waals surface area contributed by atoms with Crippen LogP contribution in [0.25, 0.3) is 0 Å². The third-order valence-corrected chi connectivity index (χ3v) is 5.61. The van der Waals surface area contributed by atoms with Gasteiger partial charge >= 0.3 is 5.97 Å². The highest BCUT2D eigenvalue weighted by Gasteiger charge is 2.39. The fourth-order valence-electron chi connectivity index (χ4n) is 3.84. The van der Waals surface area contributed by atoms with E-state index >= 15 is 0 Å². The molecule has 0 aromatic carbocycles. The number of carbonyl (C=O) groups is 1. The second-order valence-electron chi connectivity index (χ2n) is 7.73. The zero-order chi connectivity index (χ0) is 19.5. The van der Waals surface area contributed by atoms with Gasteiger partial charge in [-0.3, -0.25) is 4.79 Å². The van der Waals surface area contributed by atoms with Crippen LogP contribution in [0.3, 0.4) is 0 Å². The van der Waals surface area contributed by atoms with E-state index in [1.54, 1.807) is 6.08 Å². The van der Waals surface area contributed by atoms with E-state index in [1.807, 2.05) is 6.08 Å². The van der Waals surface area contributed by atoms with Crippen molar-refractivity contribution in [3.05, 3.63) is 12.2 Å². The van der Waals surface area contributed by atoms with Crippen molar-refractivity contribution in [3.63, 3.8) is 0 Å². The SMILES string of the molecule is CC(CCCl)CC(O)C=C[C@@H]1[C@@H](CCCCCCC(=O)O)[C@@H](O)C[C@H]1O. The van der Waals surface area contributed by atoms with Crippen LogP contribution < -0.4 is 0 Å². The van der Waals surface area contributed by atoms with E-state index in [9.17, 15) is 20.1 Å². The van der Waals surface area contributed by atoms with Crippen LogP contribution in [0.4, 0.5) is 0 Å². The Morgan fingerprint density at radius 2 is 1.88 bits per heavy atom. The smallest absolute Gasteiger partial charge is 0.303 e. The van der Waals surface area contributed by atoms with Gasteiger partial charge in [-0.1, -0.05) is 38.3 Å². The zero-order valence-corrected chi connectivity index (χ0v) is 16.5. The fourth-order valence-corrected chi connectivity index (χ4v) is 4.21. The minimum atomic E-state index is -0.761. The lowest BCUT2D eigenvalue weighted by molar-refractivity contribution is -0.137. The van der Waals surface area contributed by atoms with E-state index in [4.69, 9.17) is 16.7 Å². The first-order valence-corrected chi connectivity index (χ1v) is 10.4. The third-order valence-electron chi connectivity index (χ3n) is 5.40. The number of alkyl halides is 1. The highest BCUT2D eigenvalue weighted by atomic mass is 35.5. The molecular weight excluding hydrogens is 356 g/mol. The van der Waals surface area contributed by atoms with Gasteiger partial charge < -0.3 is 20.4 Å². The molecule has 0 aromatic heterocycles. The molecule has 6 atom stereocenters. The number of hydrogen-bond donors (Lipinski definition) is 4. The van der Waals surface area contributed by atoms with Crippen LogP contribution in [-0.4, -0.2) is 50.6 Å². The normalized spacial score (nSPS) is 28.5. The summed E-state index contributed by atoms with van der Waals surface area (Å²) >= 11 is 5.72. The first-order valence-electron chi connectivity index (χ1n) is 9.85. The van der Waals surface area contributed by atoms with Gasteiger partial charge in [-0.05, 0) is 37.5 Å². The molecule has 1 fully saturated rings. The summed E-state index contributed by atoms with van der Waals surface area (Å²) in [6.45, 7) is 2.06. The Morgan fingerprint density at radius 1 is 1.19 bits per heavy atom. The van der Waals surface area contributed by atoms with Crippen molar-refractivity contribution >= 4 is 17.6 Å². The Labute approximate surface area is 162 Å². The van der Waals surface area contributed by atoms with Crippen molar-refractivity contribution < 1.29 is 25.2 Å². The summed E-state index contributed by atoms with van der Waals surface area (Å²) in [6.07, 6.45) is 8.24. The molecule has 6 heteroatoms. The molecule has 1 aliphatic carbocycles. The number of aliphatic carboxylic acids is 1. The maximum atomic E-state index is 10.5. The van der Waals surface area contributed by atoms with Gasteiger partial charge in [0.15, 0.2) is 0 Å². The number of halogens is 1. The molecule has 0 amide bonds. The molecule has 0 heterocycles. The fraction of sp³-hybridized carbons (Fsp3) is 0.850. The third kappa shape index (κ3) is 8.85. The molecule has 26 heavy (non-hydrogen) atoms. The predicted octanol–water partition coefficient (Wildman–Crippen LogP) is 3.34. The summed E-state index contributed by atoms with van der Waals surface area (Å²) < 4.78 is 0. The molecule has 5 nitrogen and oxygen atoms in total. The minimum Gasteiger partial charge on any atom is -0.481 e. The summed E-state index contributed by atoms with van der Waals surface area (Å²) in [5.41, 5.74) is 0. The number of unbranched alkanes of at least 4 members (excludes halogenated alkanes) is 3. The number of aliphatic hydroxyl groups is 3. The molecule has 2 unspecified atom stereocenters. The van der Waals surface area contributed by atoms with Crippen molar-refractivity contribution in [2.45, 2.75) is 83.0 Å². The standard InChI is InChI=1S/C20H35ClO5/c1-14(10-11-21)12-15(22)8-9-17-16(18(23)13-19(17)24)6-4-2-3-5-7-20(25)26/h8-9,14-19,22-24H,2-7,10-13H2,1H3,(H,25,26)/t14?,15?,16-,17-,18+,19-/m1/s1. The van der Waals surface area contributed by atoms with Crippen molar-refractivity contribution in [3.8, 4) is 0 Å². The number of hydrogen-bond acceptors (Lipinski definition) is 4. The lowest BCUT2D eigenvalue weighted by atomic mass is 9.87. The van der Waals surface area contributed by atoms with Gasteiger partial charge in [0, 0.05) is 24.6 Å². The molecule has 152 valence electrons. The van der Waals surface area contributed by atoms with E-state index in [0.717, 1.165) is 32.1 Å². The molecule has 1 aliphatic rings. The van der Waals surface area contributed by atoms with Crippen LogP contribution in [-0.2, 0) is 4.79 Å². The predicted molar refractivity (Wildman–Crippen MR) is 103 cm³/mol. The van der Waals surface area contributed by atoms with Gasteiger partial charge in [0.1, 0.15) is 0 Å². The van der Waals surface area contributed by atoms with E-state index < -0.39 is 24.3 Å². The Balaban J connectivity index is 2.43. The zero-order valence-electron chi connectivity index (χ0n) is 15.8. The van der Waals surface area contributed by atoms with E-state index in [0.29, 0.717) is 31.1 Å². The molecule has 0 aromatic rings. The molecule has 0 spiro atoms. The van der Waals surface area contributed by atoms with Gasteiger partial charge in [0.05, 0.1) is 18.3 Å². The maximum absolute atomic E-state index is 10.5. The monoisotopic (exact) mass is 390 g/mol. The first-order chi connectivity index (χ1) is 12.3. The summed E-state index contributed by atoms with van der Waals surface area (Å²) in [4.78, 5) is 10.5. The van der Waals surface area contributed by atoms with Crippen LogP contribution in [0.1, 0.15) is 64.7 Å². The minimum absolute atomic E-state index is 0.00631. The van der Waals surface area contributed by atoms with Crippen LogP contribution >= 0.6 is 11.6 Å². The summed E-state index contributed by atoms with van der Waals surface area (Å²) in [7, 11) is 0. The second kappa shape index (κ2) is 12.7. The molecule has 1 rings (SSSR count). The Bertz CT molecular complexity index is 428. The topological polar surface area (TPSA) is 98.0 Å². The first kappa shape index (κ1) is 23.4. The highest BCUT2D eigenvalue weighted by molar-refractivity contribution is 6.17. The lowest BCUT2D eigenvalue weighted by Gasteiger charge is -2.21. The average molecular weight is 391 g/mol. The molecule has 0 aliphatic heterocycles. The molecule has 0 bridgehead atoms. The largest absolute Gasteiger partial charge is 0.481 e. The summed E-state index contributed by atoms with van der Waals surface area (Å²) in [5.74, 6) is 0.0196. The molecule has 1 saturated carbocycles. The van der Waals surface area contributed by atoms with Gasteiger partial charge in [-0.25, -0.2) is 0 Å². The van der Waals surface area contributed by atoms with Gasteiger partial charge in [0.2, 0.25) is 0 Å². The number of aliphatic hydroxyl groups excluding tert-OH is 3. The van der Waals surface area contributed by atoms with E-state index in [1.165, 1.54) is 0 Å². The van der Waals surface area contributed by atoms with E-state index in [2.05, 4.69) is 6.92 Å². The molecule has 0 saturated heterocycles. The Kier molecular flexibility index (Phi) is 11.4. The van der Waals surface area contributed by atoms with Gasteiger partial charge in [-0.15, -0.1) is 11.6 Å². The second-order valence-corrected chi connectivity index (χ2v) is 8.11. The number of carboxylic acid groups (broad SMARTS) is 1. The van der Waals surface area contributed by atoms with E-state index in [-0.39, 0.29) is 18.3 Å².